The minimum absolute atomic E-state index is 0.116. The molecule has 1 fully saturated rings. The van der Waals surface area contributed by atoms with E-state index < -0.39 is 0 Å². The molecule has 3 nitrogen and oxygen atoms in total. The average Bonchev–Trinajstić information content (AvgIpc) is 2.61. The van der Waals surface area contributed by atoms with Gasteiger partial charge in [-0.2, -0.15) is 0 Å². The van der Waals surface area contributed by atoms with E-state index in [1.54, 1.807) is 29.2 Å². The van der Waals surface area contributed by atoms with Gasteiger partial charge in [0.15, 0.2) is 0 Å². The molecule has 15 heavy (non-hydrogen) atoms. The summed E-state index contributed by atoms with van der Waals surface area (Å²) in [6, 6.07) is 6.67. The van der Waals surface area contributed by atoms with Gasteiger partial charge >= 0.3 is 0 Å². The van der Waals surface area contributed by atoms with Crippen molar-refractivity contribution in [2.45, 2.75) is 6.42 Å². The van der Waals surface area contributed by atoms with Gasteiger partial charge in [0.05, 0.1) is 0 Å². The van der Waals surface area contributed by atoms with Crippen LogP contribution in [0.2, 0.25) is 0 Å². The summed E-state index contributed by atoms with van der Waals surface area (Å²) in [5.41, 5.74) is 0.835. The topological polar surface area (TPSA) is 40.5 Å². The lowest BCUT2D eigenvalue weighted by Crippen LogP contribution is -2.24. The second-order valence-corrected chi connectivity index (χ2v) is 3.72. The summed E-state index contributed by atoms with van der Waals surface area (Å²) in [5.74, 6) is 0.572. The third-order valence-corrected chi connectivity index (χ3v) is 2.65. The normalized spacial score (nSPS) is 20.7. The van der Waals surface area contributed by atoms with Gasteiger partial charge in [-0.25, -0.2) is 0 Å². The van der Waals surface area contributed by atoms with Crippen LogP contribution < -0.4 is 4.90 Å². The molecule has 2 rings (SSSR count). The van der Waals surface area contributed by atoms with Gasteiger partial charge in [0.1, 0.15) is 5.75 Å². The smallest absolute Gasteiger partial charge is 0.227 e. The van der Waals surface area contributed by atoms with Crippen LogP contribution in [0.3, 0.4) is 0 Å². The molecule has 1 aliphatic rings. The standard InChI is InChI=1S/C12H13NO2/c1-2-9-7-12(15)13(8-9)10-3-5-11(14)6-4-10/h2-6,9,14H,1,7-8H2. The van der Waals surface area contributed by atoms with Crippen LogP contribution in [0, 0.1) is 5.92 Å². The van der Waals surface area contributed by atoms with E-state index >= 15 is 0 Å². The van der Waals surface area contributed by atoms with Crippen molar-refractivity contribution >= 4 is 11.6 Å². The van der Waals surface area contributed by atoms with Crippen molar-refractivity contribution in [1.82, 2.24) is 0 Å². The molecule has 1 amide bonds. The van der Waals surface area contributed by atoms with Crippen molar-refractivity contribution in [3.8, 4) is 5.75 Å². The fourth-order valence-electron chi connectivity index (χ4n) is 1.78. The van der Waals surface area contributed by atoms with Crippen molar-refractivity contribution in [3.05, 3.63) is 36.9 Å². The highest BCUT2D eigenvalue weighted by Gasteiger charge is 2.28. The molecule has 0 spiro atoms. The van der Waals surface area contributed by atoms with E-state index in [0.717, 1.165) is 5.69 Å². The van der Waals surface area contributed by atoms with E-state index in [1.165, 1.54) is 0 Å². The quantitative estimate of drug-likeness (QED) is 0.746. The van der Waals surface area contributed by atoms with E-state index in [0.29, 0.717) is 13.0 Å². The lowest BCUT2D eigenvalue weighted by atomic mass is 10.1. The molecule has 1 aliphatic heterocycles. The van der Waals surface area contributed by atoms with Gasteiger partial charge in [0, 0.05) is 24.6 Å². The van der Waals surface area contributed by atoms with Crippen LogP contribution in [0.1, 0.15) is 6.42 Å². The molecule has 78 valence electrons. The van der Waals surface area contributed by atoms with E-state index in [4.69, 9.17) is 5.11 Å². The molecule has 1 heterocycles. The number of hydrogen-bond acceptors (Lipinski definition) is 2. The van der Waals surface area contributed by atoms with E-state index in [-0.39, 0.29) is 17.6 Å². The fourth-order valence-corrected chi connectivity index (χ4v) is 1.78. The molecule has 3 heteroatoms. The van der Waals surface area contributed by atoms with Gasteiger partial charge in [-0.15, -0.1) is 6.58 Å². The van der Waals surface area contributed by atoms with Crippen molar-refractivity contribution in [2.24, 2.45) is 5.92 Å². The summed E-state index contributed by atoms with van der Waals surface area (Å²) < 4.78 is 0. The SMILES string of the molecule is C=CC1CC(=O)N(c2ccc(O)cc2)C1. The Kier molecular flexibility index (Phi) is 2.46. The summed E-state index contributed by atoms with van der Waals surface area (Å²) in [6.07, 6.45) is 2.35. The maximum Gasteiger partial charge on any atom is 0.227 e. The third-order valence-electron chi connectivity index (χ3n) is 2.65. The Balaban J connectivity index is 2.21. The van der Waals surface area contributed by atoms with E-state index in [2.05, 4.69) is 6.58 Å². The summed E-state index contributed by atoms with van der Waals surface area (Å²) in [4.78, 5) is 13.4. The first kappa shape index (κ1) is 9.77. The number of nitrogens with zero attached hydrogens (tertiary/aromatic N) is 1. The van der Waals surface area contributed by atoms with Gasteiger partial charge in [-0.05, 0) is 24.3 Å². The highest BCUT2D eigenvalue weighted by atomic mass is 16.3. The number of amides is 1. The number of hydrogen-bond donors (Lipinski definition) is 1. The highest BCUT2D eigenvalue weighted by molar-refractivity contribution is 5.95. The molecule has 1 aromatic rings. The maximum atomic E-state index is 11.6. The third kappa shape index (κ3) is 1.86. The zero-order valence-electron chi connectivity index (χ0n) is 8.39. The molecule has 1 unspecified atom stereocenters. The van der Waals surface area contributed by atoms with Crippen molar-refractivity contribution in [1.29, 1.82) is 0 Å². The largest absolute Gasteiger partial charge is 0.508 e. The van der Waals surface area contributed by atoms with Crippen LogP contribution in [-0.4, -0.2) is 17.6 Å². The predicted octanol–water partition coefficient (Wildman–Crippen LogP) is 1.93. The highest BCUT2D eigenvalue weighted by Crippen LogP contribution is 2.26. The van der Waals surface area contributed by atoms with Gasteiger partial charge in [0.25, 0.3) is 0 Å². The number of rotatable bonds is 2. The molecule has 1 aromatic carbocycles. The number of anilines is 1. The van der Waals surface area contributed by atoms with Crippen LogP contribution in [0.25, 0.3) is 0 Å². The van der Waals surface area contributed by atoms with Crippen molar-refractivity contribution < 1.29 is 9.90 Å². The van der Waals surface area contributed by atoms with Crippen LogP contribution in [0.15, 0.2) is 36.9 Å². The number of phenolic OH excluding ortho intramolecular Hbond substituents is 1. The van der Waals surface area contributed by atoms with Gasteiger partial charge in [-0.3, -0.25) is 4.79 Å². The molecule has 0 bridgehead atoms. The Bertz CT molecular complexity index is 383. The summed E-state index contributed by atoms with van der Waals surface area (Å²) in [6.45, 7) is 4.39. The van der Waals surface area contributed by atoms with Crippen LogP contribution >= 0.6 is 0 Å². The molecule has 0 aromatic heterocycles. The molecule has 1 atom stereocenters. The van der Waals surface area contributed by atoms with Crippen LogP contribution in [-0.2, 0) is 4.79 Å². The van der Waals surface area contributed by atoms with E-state index in [1.807, 2.05) is 6.08 Å². The number of aromatic hydroxyl groups is 1. The molecule has 0 radical (unpaired) electrons. The minimum Gasteiger partial charge on any atom is -0.508 e. The lowest BCUT2D eigenvalue weighted by Gasteiger charge is -2.15. The number of carbonyl (C=O) groups excluding carboxylic acids is 1. The first-order valence-corrected chi connectivity index (χ1v) is 4.92. The average molecular weight is 203 g/mol. The lowest BCUT2D eigenvalue weighted by molar-refractivity contribution is -0.117. The maximum absolute atomic E-state index is 11.6. The summed E-state index contributed by atoms with van der Waals surface area (Å²) >= 11 is 0. The Labute approximate surface area is 88.6 Å². The first-order chi connectivity index (χ1) is 7.20. The van der Waals surface area contributed by atoms with Gasteiger partial charge < -0.3 is 10.0 Å². The first-order valence-electron chi connectivity index (χ1n) is 4.92. The number of benzene rings is 1. The fraction of sp³-hybridized carbons (Fsp3) is 0.250. The second-order valence-electron chi connectivity index (χ2n) is 3.72. The zero-order chi connectivity index (χ0) is 10.8. The molecule has 0 saturated carbocycles. The molecule has 0 aliphatic carbocycles. The molecule has 1 N–H and O–H groups in total. The second kappa shape index (κ2) is 3.77. The molecular formula is C12H13NO2. The monoisotopic (exact) mass is 203 g/mol. The van der Waals surface area contributed by atoms with Gasteiger partial charge in [-0.1, -0.05) is 6.08 Å². The molecule has 1 saturated heterocycles. The summed E-state index contributed by atoms with van der Waals surface area (Å²) in [5, 5.41) is 9.14. The molecular weight excluding hydrogens is 190 g/mol. The minimum atomic E-state index is 0.116. The Morgan fingerprint density at radius 2 is 2.07 bits per heavy atom. The zero-order valence-corrected chi connectivity index (χ0v) is 8.39. The van der Waals surface area contributed by atoms with Crippen molar-refractivity contribution in [3.63, 3.8) is 0 Å². The van der Waals surface area contributed by atoms with Crippen LogP contribution in [0.5, 0.6) is 5.75 Å². The van der Waals surface area contributed by atoms with Gasteiger partial charge in [0.2, 0.25) is 5.91 Å². The van der Waals surface area contributed by atoms with E-state index in [9.17, 15) is 4.79 Å². The Hall–Kier alpha value is -1.77. The Morgan fingerprint density at radius 1 is 1.40 bits per heavy atom. The Morgan fingerprint density at radius 3 is 2.60 bits per heavy atom. The number of carbonyl (C=O) groups is 1. The number of phenols is 1. The van der Waals surface area contributed by atoms with Crippen molar-refractivity contribution in [2.75, 3.05) is 11.4 Å². The summed E-state index contributed by atoms with van der Waals surface area (Å²) in [7, 11) is 0. The van der Waals surface area contributed by atoms with Crippen LogP contribution in [0.4, 0.5) is 5.69 Å². The predicted molar refractivity (Wildman–Crippen MR) is 58.8 cm³/mol.